The molecule has 0 radical (unpaired) electrons. The predicted molar refractivity (Wildman–Crippen MR) is 249 cm³/mol. The average Bonchev–Trinajstić information content (AvgIpc) is 4.03. The van der Waals surface area contributed by atoms with E-state index in [0.29, 0.717) is 0 Å². The summed E-state index contributed by atoms with van der Waals surface area (Å²) in [5.74, 6) is 0. The number of allylic oxidation sites excluding steroid dienone is 1. The molecule has 11 aromatic rings. The molecule has 8 aromatic carbocycles. The van der Waals surface area contributed by atoms with E-state index in [4.69, 9.17) is 4.42 Å². The molecule has 1 aliphatic carbocycles. The van der Waals surface area contributed by atoms with E-state index in [2.05, 4.69) is 205 Å². The van der Waals surface area contributed by atoms with Gasteiger partial charge in [-0.05, 0) is 137 Å². The fraction of sp³-hybridized carbons (Fsp3) is 0.0357. The first-order chi connectivity index (χ1) is 29.1. The third kappa shape index (κ3) is 5.08. The summed E-state index contributed by atoms with van der Waals surface area (Å²) in [4.78, 5) is 0. The monoisotopic (exact) mass is 754 g/mol. The first-order valence-electron chi connectivity index (χ1n) is 20.4. The van der Waals surface area contributed by atoms with Crippen molar-refractivity contribution in [2.24, 2.45) is 0 Å². The molecule has 0 unspecified atom stereocenters. The SMILES string of the molecule is C=Cc1c(/C=C\C)n(-c2ccc3c(c2)-c2cc(-c4cccc(-c5ccc6oc7ccc(-n8c9ccccc9c9ccccc98)cc7c6c5)c4)ccc2C3)c2ccccc12. The summed E-state index contributed by atoms with van der Waals surface area (Å²) in [6.07, 6.45) is 7.23. The first-order valence-corrected chi connectivity index (χ1v) is 20.4. The molecule has 3 aromatic heterocycles. The Balaban J connectivity index is 0.929. The lowest BCUT2D eigenvalue weighted by Crippen LogP contribution is -1.98. The maximum Gasteiger partial charge on any atom is 0.135 e. The molecular formula is C56H38N2O. The second-order valence-corrected chi connectivity index (χ2v) is 15.7. The molecule has 12 rings (SSSR count). The Morgan fingerprint density at radius 2 is 1.02 bits per heavy atom. The second kappa shape index (κ2) is 13.0. The summed E-state index contributed by atoms with van der Waals surface area (Å²) in [5.41, 5.74) is 20.0. The van der Waals surface area contributed by atoms with Gasteiger partial charge in [0.15, 0.2) is 0 Å². The minimum absolute atomic E-state index is 0.890. The number of furan rings is 1. The Bertz CT molecular complexity index is 3510. The molecule has 0 fully saturated rings. The number of rotatable bonds is 6. The smallest absolute Gasteiger partial charge is 0.135 e. The maximum absolute atomic E-state index is 6.42. The van der Waals surface area contributed by atoms with Gasteiger partial charge in [-0.2, -0.15) is 0 Å². The fourth-order valence-electron chi connectivity index (χ4n) is 9.74. The van der Waals surface area contributed by atoms with Gasteiger partial charge in [-0.15, -0.1) is 0 Å². The maximum atomic E-state index is 6.42. The molecular weight excluding hydrogens is 717 g/mol. The van der Waals surface area contributed by atoms with Crippen molar-refractivity contribution < 1.29 is 4.42 Å². The highest BCUT2D eigenvalue weighted by molar-refractivity contribution is 6.11. The Morgan fingerprint density at radius 3 is 1.73 bits per heavy atom. The molecule has 0 bridgehead atoms. The zero-order valence-corrected chi connectivity index (χ0v) is 32.6. The van der Waals surface area contributed by atoms with Gasteiger partial charge >= 0.3 is 0 Å². The van der Waals surface area contributed by atoms with Gasteiger partial charge in [0.25, 0.3) is 0 Å². The highest BCUT2D eigenvalue weighted by Crippen LogP contribution is 2.43. The molecule has 3 nitrogen and oxygen atoms in total. The number of hydrogen-bond acceptors (Lipinski definition) is 1. The highest BCUT2D eigenvalue weighted by atomic mass is 16.3. The van der Waals surface area contributed by atoms with Crippen LogP contribution in [-0.2, 0) is 6.42 Å². The first kappa shape index (κ1) is 33.5. The van der Waals surface area contributed by atoms with Gasteiger partial charge in [0.1, 0.15) is 11.2 Å². The van der Waals surface area contributed by atoms with Crippen molar-refractivity contribution in [2.75, 3.05) is 0 Å². The number of para-hydroxylation sites is 3. The number of fused-ring (bicyclic) bond motifs is 10. The molecule has 0 saturated heterocycles. The Morgan fingerprint density at radius 1 is 0.475 bits per heavy atom. The molecule has 3 heteroatoms. The summed E-state index contributed by atoms with van der Waals surface area (Å²) >= 11 is 0. The van der Waals surface area contributed by atoms with Crippen molar-refractivity contribution in [3.63, 3.8) is 0 Å². The summed E-state index contributed by atoms with van der Waals surface area (Å²) < 4.78 is 11.2. The number of hydrogen-bond donors (Lipinski definition) is 0. The van der Waals surface area contributed by atoms with Crippen LogP contribution in [0.25, 0.3) is 112 Å². The van der Waals surface area contributed by atoms with E-state index in [0.717, 1.165) is 56.6 Å². The lowest BCUT2D eigenvalue weighted by Gasteiger charge is -2.12. The van der Waals surface area contributed by atoms with Crippen molar-refractivity contribution >= 4 is 66.8 Å². The van der Waals surface area contributed by atoms with E-state index >= 15 is 0 Å². The summed E-state index contributed by atoms with van der Waals surface area (Å²) in [5, 5.41) is 5.95. The van der Waals surface area contributed by atoms with Crippen LogP contribution in [0.5, 0.6) is 0 Å². The fourth-order valence-corrected chi connectivity index (χ4v) is 9.74. The topological polar surface area (TPSA) is 23.0 Å². The van der Waals surface area contributed by atoms with Crippen LogP contribution in [0.1, 0.15) is 29.3 Å². The normalized spacial score (nSPS) is 12.4. The predicted octanol–water partition coefficient (Wildman–Crippen LogP) is 15.2. The van der Waals surface area contributed by atoms with Crippen molar-refractivity contribution in [2.45, 2.75) is 13.3 Å². The van der Waals surface area contributed by atoms with Crippen LogP contribution in [0.15, 0.2) is 187 Å². The van der Waals surface area contributed by atoms with Gasteiger partial charge in [-0.3, -0.25) is 0 Å². The van der Waals surface area contributed by atoms with Gasteiger partial charge in [0.2, 0.25) is 0 Å². The Kier molecular flexibility index (Phi) is 7.36. The van der Waals surface area contributed by atoms with Crippen molar-refractivity contribution in [3.05, 3.63) is 205 Å². The van der Waals surface area contributed by atoms with E-state index in [1.807, 2.05) is 6.08 Å². The molecule has 0 saturated carbocycles. The lowest BCUT2D eigenvalue weighted by atomic mass is 9.95. The van der Waals surface area contributed by atoms with Crippen molar-refractivity contribution in [1.82, 2.24) is 9.13 Å². The van der Waals surface area contributed by atoms with E-state index < -0.39 is 0 Å². The molecule has 0 N–H and O–H groups in total. The van der Waals surface area contributed by atoms with Crippen LogP contribution < -0.4 is 0 Å². The van der Waals surface area contributed by atoms with Crippen LogP contribution in [0.3, 0.4) is 0 Å². The van der Waals surface area contributed by atoms with Crippen molar-refractivity contribution in [1.29, 1.82) is 0 Å². The van der Waals surface area contributed by atoms with Gasteiger partial charge < -0.3 is 13.6 Å². The summed E-state index contributed by atoms with van der Waals surface area (Å²) in [6, 6.07) is 62.0. The highest BCUT2D eigenvalue weighted by Gasteiger charge is 2.22. The third-order valence-electron chi connectivity index (χ3n) is 12.4. The average molecular weight is 755 g/mol. The number of nitrogens with zero attached hydrogens (tertiary/aromatic N) is 2. The molecule has 278 valence electrons. The van der Waals surface area contributed by atoms with E-state index in [1.165, 1.54) is 71.7 Å². The van der Waals surface area contributed by atoms with E-state index in [9.17, 15) is 0 Å². The minimum atomic E-state index is 0.890. The van der Waals surface area contributed by atoms with Gasteiger partial charge in [-0.25, -0.2) is 0 Å². The summed E-state index contributed by atoms with van der Waals surface area (Å²) in [7, 11) is 0. The standard InChI is InChI=1S/C56H38N2O/c1-3-12-51-43(4-2)44-15-5-8-18-52(44)57(51)41-25-23-40-30-39-22-21-37(31-47(39)48(40)33-41)35-13-11-14-36(29-35)38-24-27-55-49(32-38)50-34-42(26-28-56(50)59-55)58-53-19-9-6-16-45(53)46-17-7-10-20-54(46)58/h3-29,31-34H,2,30H2,1H3/b12-3-. The number of aromatic nitrogens is 2. The molecule has 1 aliphatic rings. The molecule has 59 heavy (non-hydrogen) atoms. The van der Waals surface area contributed by atoms with Gasteiger partial charge in [-0.1, -0.05) is 116 Å². The summed E-state index contributed by atoms with van der Waals surface area (Å²) in [6.45, 7) is 6.26. The van der Waals surface area contributed by atoms with E-state index in [1.54, 1.807) is 0 Å². The van der Waals surface area contributed by atoms with Gasteiger partial charge in [0.05, 0.1) is 22.2 Å². The molecule has 0 spiro atoms. The Hall–Kier alpha value is -7.62. The van der Waals surface area contributed by atoms with Crippen LogP contribution in [0.2, 0.25) is 0 Å². The Labute approximate surface area is 342 Å². The number of benzene rings is 8. The van der Waals surface area contributed by atoms with E-state index in [-0.39, 0.29) is 0 Å². The quantitative estimate of drug-likeness (QED) is 0.166. The zero-order chi connectivity index (χ0) is 39.2. The molecule has 0 amide bonds. The van der Waals surface area contributed by atoms with Gasteiger partial charge in [0, 0.05) is 43.9 Å². The van der Waals surface area contributed by atoms with Crippen LogP contribution in [-0.4, -0.2) is 9.13 Å². The second-order valence-electron chi connectivity index (χ2n) is 15.7. The minimum Gasteiger partial charge on any atom is -0.456 e. The molecule has 3 heterocycles. The zero-order valence-electron chi connectivity index (χ0n) is 32.6. The molecule has 0 aliphatic heterocycles. The third-order valence-corrected chi connectivity index (χ3v) is 12.4. The van der Waals surface area contributed by atoms with Crippen molar-refractivity contribution in [3.8, 4) is 44.8 Å². The largest absolute Gasteiger partial charge is 0.456 e. The van der Waals surface area contributed by atoms with Crippen LogP contribution >= 0.6 is 0 Å². The van der Waals surface area contributed by atoms with Crippen LogP contribution in [0.4, 0.5) is 0 Å². The van der Waals surface area contributed by atoms with Crippen LogP contribution in [0, 0.1) is 0 Å². The lowest BCUT2D eigenvalue weighted by molar-refractivity contribution is 0.669. The molecule has 0 atom stereocenters.